The molecule has 0 heterocycles. The second kappa shape index (κ2) is 6.53. The molecule has 3 heteroatoms. The summed E-state index contributed by atoms with van der Waals surface area (Å²) in [4.78, 5) is 0. The third kappa shape index (κ3) is 3.83. The van der Waals surface area contributed by atoms with E-state index in [1.807, 2.05) is 30.3 Å². The molecule has 0 aliphatic rings. The third-order valence-electron chi connectivity index (χ3n) is 2.64. The van der Waals surface area contributed by atoms with Gasteiger partial charge in [0.25, 0.3) is 0 Å². The van der Waals surface area contributed by atoms with E-state index in [2.05, 4.69) is 0 Å². The molecule has 0 fully saturated rings. The molecule has 2 aromatic rings. The minimum atomic E-state index is -0.272. The van der Waals surface area contributed by atoms with Crippen molar-refractivity contribution < 1.29 is 9.13 Å². The molecular weight excluding hydrogens is 251 g/mol. The van der Waals surface area contributed by atoms with Gasteiger partial charge in [0.2, 0.25) is 0 Å². The molecule has 0 atom stereocenters. The molecule has 0 spiro atoms. The highest BCUT2D eigenvalue weighted by molar-refractivity contribution is 6.30. The van der Waals surface area contributed by atoms with E-state index in [4.69, 9.17) is 16.3 Å². The second-order valence-electron chi connectivity index (χ2n) is 4.02. The predicted molar refractivity (Wildman–Crippen MR) is 71.2 cm³/mol. The van der Waals surface area contributed by atoms with E-state index in [0.29, 0.717) is 30.2 Å². The Hall–Kier alpha value is -1.38. The van der Waals surface area contributed by atoms with Crippen LogP contribution in [0.3, 0.4) is 0 Å². The number of rotatable bonds is 5. The topological polar surface area (TPSA) is 9.23 Å². The number of benzene rings is 2. The molecule has 18 heavy (non-hydrogen) atoms. The number of hydrogen-bond acceptors (Lipinski definition) is 1. The quantitative estimate of drug-likeness (QED) is 0.734. The lowest BCUT2D eigenvalue weighted by atomic mass is 10.1. The average molecular weight is 265 g/mol. The Morgan fingerprint density at radius 1 is 1.06 bits per heavy atom. The Bertz CT molecular complexity index is 499. The second-order valence-corrected chi connectivity index (χ2v) is 4.46. The van der Waals surface area contributed by atoms with Crippen LogP contribution in [-0.2, 0) is 17.8 Å². The molecule has 0 N–H and O–H groups in total. The Balaban J connectivity index is 1.79. The Morgan fingerprint density at radius 3 is 2.56 bits per heavy atom. The van der Waals surface area contributed by atoms with Crippen LogP contribution in [0.5, 0.6) is 0 Å². The lowest BCUT2D eigenvalue weighted by Crippen LogP contribution is -2.00. The van der Waals surface area contributed by atoms with E-state index in [-0.39, 0.29) is 5.82 Å². The van der Waals surface area contributed by atoms with Crippen LogP contribution in [0.4, 0.5) is 4.39 Å². The monoisotopic (exact) mass is 264 g/mol. The van der Waals surface area contributed by atoms with Crippen LogP contribution in [0.25, 0.3) is 0 Å². The highest BCUT2D eigenvalue weighted by Crippen LogP contribution is 2.15. The van der Waals surface area contributed by atoms with Crippen molar-refractivity contribution in [1.29, 1.82) is 0 Å². The van der Waals surface area contributed by atoms with E-state index in [0.717, 1.165) is 5.56 Å². The fraction of sp³-hybridized carbons (Fsp3) is 0.200. The minimum absolute atomic E-state index is 0.272. The maximum Gasteiger partial charge on any atom is 0.127 e. The Kier molecular flexibility index (Phi) is 4.73. The van der Waals surface area contributed by atoms with Gasteiger partial charge in [-0.3, -0.25) is 0 Å². The summed E-state index contributed by atoms with van der Waals surface area (Å²) in [5, 5.41) is 0.418. The van der Waals surface area contributed by atoms with Crippen LogP contribution in [-0.4, -0.2) is 6.61 Å². The number of halogens is 2. The van der Waals surface area contributed by atoms with Crippen LogP contribution in [0.2, 0.25) is 5.02 Å². The van der Waals surface area contributed by atoms with Crippen LogP contribution in [0.15, 0.2) is 48.5 Å². The Labute approximate surface area is 111 Å². The first-order chi connectivity index (χ1) is 8.75. The van der Waals surface area contributed by atoms with Crippen molar-refractivity contribution in [1.82, 2.24) is 0 Å². The summed E-state index contributed by atoms with van der Waals surface area (Å²) in [6.45, 7) is 1.05. The van der Waals surface area contributed by atoms with Gasteiger partial charge in [0.15, 0.2) is 0 Å². The summed E-state index contributed by atoms with van der Waals surface area (Å²) in [6.07, 6.45) is 0.551. The van der Waals surface area contributed by atoms with Gasteiger partial charge in [-0.05, 0) is 29.7 Å². The van der Waals surface area contributed by atoms with Gasteiger partial charge in [0, 0.05) is 5.02 Å². The zero-order valence-electron chi connectivity index (χ0n) is 9.90. The van der Waals surface area contributed by atoms with E-state index in [1.54, 1.807) is 12.1 Å². The maximum absolute atomic E-state index is 13.5. The van der Waals surface area contributed by atoms with E-state index < -0.39 is 0 Å². The first-order valence-electron chi connectivity index (χ1n) is 5.81. The lowest BCUT2D eigenvalue weighted by Gasteiger charge is -2.05. The molecule has 1 nitrogen and oxygen atoms in total. The minimum Gasteiger partial charge on any atom is -0.376 e. The average Bonchev–Trinajstić information content (AvgIpc) is 2.38. The summed E-state index contributed by atoms with van der Waals surface area (Å²) < 4.78 is 19.0. The highest BCUT2D eigenvalue weighted by Gasteiger charge is 2.02. The zero-order valence-corrected chi connectivity index (χ0v) is 10.7. The maximum atomic E-state index is 13.5. The molecule has 2 rings (SSSR count). The molecule has 94 valence electrons. The van der Waals surface area contributed by atoms with Gasteiger partial charge in [-0.1, -0.05) is 48.0 Å². The van der Waals surface area contributed by atoms with Crippen LogP contribution < -0.4 is 0 Å². The fourth-order valence-electron chi connectivity index (χ4n) is 1.67. The SMILES string of the molecule is Fc1cc(Cl)ccc1CCOCc1ccccc1. The van der Waals surface area contributed by atoms with Crippen molar-refractivity contribution in [2.75, 3.05) is 6.61 Å². The van der Waals surface area contributed by atoms with Crippen molar-refractivity contribution in [2.24, 2.45) is 0 Å². The normalized spacial score (nSPS) is 10.6. The van der Waals surface area contributed by atoms with Crippen LogP contribution in [0.1, 0.15) is 11.1 Å². The molecule has 0 aliphatic carbocycles. The summed E-state index contributed by atoms with van der Waals surface area (Å²) in [5.41, 5.74) is 1.75. The van der Waals surface area contributed by atoms with E-state index >= 15 is 0 Å². The molecule has 0 unspecified atom stereocenters. The smallest absolute Gasteiger partial charge is 0.127 e. The van der Waals surface area contributed by atoms with Crippen molar-refractivity contribution >= 4 is 11.6 Å². The highest BCUT2D eigenvalue weighted by atomic mass is 35.5. The molecular formula is C15H14ClFO. The molecule has 0 amide bonds. The first kappa shape index (κ1) is 13.1. The molecule has 0 radical (unpaired) electrons. The molecule has 0 saturated heterocycles. The van der Waals surface area contributed by atoms with Crippen LogP contribution >= 0.6 is 11.6 Å². The zero-order chi connectivity index (χ0) is 12.8. The largest absolute Gasteiger partial charge is 0.376 e. The number of hydrogen-bond donors (Lipinski definition) is 0. The van der Waals surface area contributed by atoms with Gasteiger partial charge in [0.05, 0.1) is 13.2 Å². The van der Waals surface area contributed by atoms with Gasteiger partial charge in [-0.15, -0.1) is 0 Å². The lowest BCUT2D eigenvalue weighted by molar-refractivity contribution is 0.123. The van der Waals surface area contributed by atoms with Crippen molar-refractivity contribution in [2.45, 2.75) is 13.0 Å². The van der Waals surface area contributed by atoms with Gasteiger partial charge < -0.3 is 4.74 Å². The van der Waals surface area contributed by atoms with Crippen LogP contribution in [0, 0.1) is 5.82 Å². The van der Waals surface area contributed by atoms with Gasteiger partial charge in [-0.2, -0.15) is 0 Å². The molecule has 0 bridgehead atoms. The fourth-order valence-corrected chi connectivity index (χ4v) is 1.83. The molecule has 2 aromatic carbocycles. The summed E-state index contributed by atoms with van der Waals surface area (Å²) in [5.74, 6) is -0.272. The predicted octanol–water partition coefficient (Wildman–Crippen LogP) is 4.24. The number of ether oxygens (including phenoxy) is 1. The van der Waals surface area contributed by atoms with Crippen molar-refractivity contribution in [3.63, 3.8) is 0 Å². The van der Waals surface area contributed by atoms with E-state index in [1.165, 1.54) is 6.07 Å². The molecule has 0 saturated carbocycles. The Morgan fingerprint density at radius 2 is 1.83 bits per heavy atom. The van der Waals surface area contributed by atoms with Gasteiger partial charge in [-0.25, -0.2) is 4.39 Å². The summed E-state index contributed by atoms with van der Waals surface area (Å²) in [7, 11) is 0. The molecule has 0 aromatic heterocycles. The third-order valence-corrected chi connectivity index (χ3v) is 2.88. The van der Waals surface area contributed by atoms with Gasteiger partial charge >= 0.3 is 0 Å². The molecule has 0 aliphatic heterocycles. The summed E-state index contributed by atoms with van der Waals surface area (Å²) >= 11 is 5.69. The van der Waals surface area contributed by atoms with Crippen molar-refractivity contribution in [3.8, 4) is 0 Å². The summed E-state index contributed by atoms with van der Waals surface area (Å²) in [6, 6.07) is 14.6. The van der Waals surface area contributed by atoms with Crippen molar-refractivity contribution in [3.05, 3.63) is 70.5 Å². The van der Waals surface area contributed by atoms with E-state index in [9.17, 15) is 4.39 Å². The standard InChI is InChI=1S/C15H14ClFO/c16-14-7-6-13(15(17)10-14)8-9-18-11-12-4-2-1-3-5-12/h1-7,10H,8-9,11H2. The first-order valence-corrected chi connectivity index (χ1v) is 6.19. The van der Waals surface area contributed by atoms with Gasteiger partial charge in [0.1, 0.15) is 5.82 Å².